The number of piperidine rings is 1. The maximum absolute atomic E-state index is 12.0. The molecule has 2 unspecified atom stereocenters. The maximum Gasteiger partial charge on any atom is 0.317 e. The standard InChI is InChI=1S/C14H20N2O2/c1-11-10-16(8-7-13(11)17)14(18)15-9-12-5-3-2-4-6-12/h2-6,11,13,17H,7-10H2,1H3,(H,15,18). The van der Waals surface area contributed by atoms with E-state index in [1.165, 1.54) is 0 Å². The van der Waals surface area contributed by atoms with Crippen molar-refractivity contribution in [3.05, 3.63) is 35.9 Å². The first-order chi connectivity index (χ1) is 8.66. The highest BCUT2D eigenvalue weighted by atomic mass is 16.3. The van der Waals surface area contributed by atoms with E-state index in [-0.39, 0.29) is 18.1 Å². The van der Waals surface area contributed by atoms with E-state index in [2.05, 4.69) is 5.32 Å². The van der Waals surface area contributed by atoms with E-state index in [1.807, 2.05) is 37.3 Å². The Hall–Kier alpha value is -1.55. The fourth-order valence-electron chi connectivity index (χ4n) is 2.20. The fraction of sp³-hybridized carbons (Fsp3) is 0.500. The molecule has 1 heterocycles. The van der Waals surface area contributed by atoms with Crippen LogP contribution in [-0.4, -0.2) is 35.2 Å². The lowest BCUT2D eigenvalue weighted by atomic mass is 9.97. The monoisotopic (exact) mass is 248 g/mol. The summed E-state index contributed by atoms with van der Waals surface area (Å²) in [6, 6.07) is 9.81. The maximum atomic E-state index is 12.0. The van der Waals surface area contributed by atoms with Crippen molar-refractivity contribution in [3.8, 4) is 0 Å². The second-order valence-corrected chi connectivity index (χ2v) is 4.92. The number of hydrogen-bond donors (Lipinski definition) is 2. The average molecular weight is 248 g/mol. The Morgan fingerprint density at radius 2 is 2.17 bits per heavy atom. The molecule has 2 atom stereocenters. The van der Waals surface area contributed by atoms with Crippen LogP contribution in [0.3, 0.4) is 0 Å². The highest BCUT2D eigenvalue weighted by Gasteiger charge is 2.26. The third-order valence-electron chi connectivity index (χ3n) is 3.43. The first-order valence-corrected chi connectivity index (χ1v) is 6.41. The van der Waals surface area contributed by atoms with Gasteiger partial charge in [0.15, 0.2) is 0 Å². The molecule has 18 heavy (non-hydrogen) atoms. The first kappa shape index (κ1) is 12.9. The number of carbonyl (C=O) groups is 1. The Bertz CT molecular complexity index is 394. The molecule has 4 heteroatoms. The molecule has 0 spiro atoms. The minimum atomic E-state index is -0.275. The van der Waals surface area contributed by atoms with Gasteiger partial charge in [0.25, 0.3) is 0 Å². The van der Waals surface area contributed by atoms with Crippen LogP contribution in [0.2, 0.25) is 0 Å². The summed E-state index contributed by atoms with van der Waals surface area (Å²) in [4.78, 5) is 13.7. The molecule has 0 aliphatic carbocycles. The summed E-state index contributed by atoms with van der Waals surface area (Å²) in [6.45, 7) is 3.78. The number of benzene rings is 1. The summed E-state index contributed by atoms with van der Waals surface area (Å²) in [5, 5.41) is 12.5. The minimum Gasteiger partial charge on any atom is -0.393 e. The minimum absolute atomic E-state index is 0.0439. The van der Waals surface area contributed by atoms with Crippen LogP contribution in [-0.2, 0) is 6.54 Å². The Balaban J connectivity index is 1.82. The lowest BCUT2D eigenvalue weighted by Gasteiger charge is -2.34. The molecule has 0 radical (unpaired) electrons. The van der Waals surface area contributed by atoms with E-state index in [4.69, 9.17) is 0 Å². The van der Waals surface area contributed by atoms with Gasteiger partial charge < -0.3 is 15.3 Å². The van der Waals surface area contributed by atoms with E-state index in [9.17, 15) is 9.90 Å². The summed E-state index contributed by atoms with van der Waals surface area (Å²) in [5.74, 6) is 0.154. The third kappa shape index (κ3) is 3.23. The molecule has 4 nitrogen and oxygen atoms in total. The zero-order valence-electron chi connectivity index (χ0n) is 10.7. The molecule has 0 bridgehead atoms. The lowest BCUT2D eigenvalue weighted by Crippen LogP contribution is -2.48. The second kappa shape index (κ2) is 5.87. The molecule has 1 saturated heterocycles. The summed E-state index contributed by atoms with van der Waals surface area (Å²) < 4.78 is 0. The van der Waals surface area contributed by atoms with Gasteiger partial charge in [-0.05, 0) is 17.9 Å². The van der Waals surface area contributed by atoms with Crippen molar-refractivity contribution in [2.45, 2.75) is 26.0 Å². The smallest absolute Gasteiger partial charge is 0.317 e. The van der Waals surface area contributed by atoms with Gasteiger partial charge in [0.05, 0.1) is 6.10 Å². The quantitative estimate of drug-likeness (QED) is 0.835. The second-order valence-electron chi connectivity index (χ2n) is 4.92. The average Bonchev–Trinajstić information content (AvgIpc) is 2.40. The van der Waals surface area contributed by atoms with Crippen molar-refractivity contribution in [2.75, 3.05) is 13.1 Å². The highest BCUT2D eigenvalue weighted by molar-refractivity contribution is 5.74. The van der Waals surface area contributed by atoms with Crippen molar-refractivity contribution in [3.63, 3.8) is 0 Å². The molecule has 0 saturated carbocycles. The SMILES string of the molecule is CC1CN(C(=O)NCc2ccccc2)CCC1O. The van der Waals surface area contributed by atoms with Crippen LogP contribution in [0.1, 0.15) is 18.9 Å². The van der Waals surface area contributed by atoms with Gasteiger partial charge in [-0.15, -0.1) is 0 Å². The summed E-state index contributed by atoms with van der Waals surface area (Å²) in [7, 11) is 0. The Morgan fingerprint density at radius 1 is 1.44 bits per heavy atom. The van der Waals surface area contributed by atoms with E-state index >= 15 is 0 Å². The number of nitrogens with zero attached hydrogens (tertiary/aromatic N) is 1. The van der Waals surface area contributed by atoms with Crippen molar-refractivity contribution >= 4 is 6.03 Å². The molecule has 98 valence electrons. The number of urea groups is 1. The number of hydrogen-bond acceptors (Lipinski definition) is 2. The normalized spacial score (nSPS) is 23.8. The number of aliphatic hydroxyl groups is 1. The van der Waals surface area contributed by atoms with Crippen LogP contribution >= 0.6 is 0 Å². The molecule has 1 aliphatic heterocycles. The molecule has 1 aromatic carbocycles. The molecule has 1 fully saturated rings. The molecular weight excluding hydrogens is 228 g/mol. The first-order valence-electron chi connectivity index (χ1n) is 6.41. The van der Waals surface area contributed by atoms with E-state index in [0.717, 1.165) is 5.56 Å². The zero-order chi connectivity index (χ0) is 13.0. The number of amides is 2. The van der Waals surface area contributed by atoms with Gasteiger partial charge in [-0.1, -0.05) is 37.3 Å². The largest absolute Gasteiger partial charge is 0.393 e. The number of aliphatic hydroxyl groups excluding tert-OH is 1. The Kier molecular flexibility index (Phi) is 4.20. The van der Waals surface area contributed by atoms with Crippen molar-refractivity contribution in [2.24, 2.45) is 5.92 Å². The Labute approximate surface area is 108 Å². The molecule has 0 aromatic heterocycles. The van der Waals surface area contributed by atoms with Gasteiger partial charge in [-0.25, -0.2) is 4.79 Å². The van der Waals surface area contributed by atoms with Gasteiger partial charge in [-0.3, -0.25) is 0 Å². The van der Waals surface area contributed by atoms with Crippen LogP contribution in [0.25, 0.3) is 0 Å². The van der Waals surface area contributed by atoms with E-state index in [1.54, 1.807) is 4.90 Å². The number of carbonyl (C=O) groups excluding carboxylic acids is 1. The van der Waals surface area contributed by atoms with Crippen LogP contribution in [0.4, 0.5) is 4.79 Å². The Morgan fingerprint density at radius 3 is 2.83 bits per heavy atom. The van der Waals surface area contributed by atoms with Gasteiger partial charge in [0, 0.05) is 19.6 Å². The number of rotatable bonds is 2. The van der Waals surface area contributed by atoms with Crippen LogP contribution in [0, 0.1) is 5.92 Å². The van der Waals surface area contributed by atoms with Crippen LogP contribution in [0.5, 0.6) is 0 Å². The molecule has 1 aliphatic rings. The van der Waals surface area contributed by atoms with E-state index in [0.29, 0.717) is 26.1 Å². The van der Waals surface area contributed by atoms with Gasteiger partial charge in [-0.2, -0.15) is 0 Å². The molecule has 1 aromatic rings. The molecule has 2 N–H and O–H groups in total. The topological polar surface area (TPSA) is 52.6 Å². The predicted molar refractivity (Wildman–Crippen MR) is 70.0 cm³/mol. The summed E-state index contributed by atoms with van der Waals surface area (Å²) >= 11 is 0. The number of likely N-dealkylation sites (tertiary alicyclic amines) is 1. The molecule has 2 amide bonds. The van der Waals surface area contributed by atoms with Crippen molar-refractivity contribution in [1.82, 2.24) is 10.2 Å². The van der Waals surface area contributed by atoms with Gasteiger partial charge in [0.1, 0.15) is 0 Å². The zero-order valence-corrected chi connectivity index (χ0v) is 10.7. The van der Waals surface area contributed by atoms with Crippen LogP contribution in [0.15, 0.2) is 30.3 Å². The number of nitrogens with one attached hydrogen (secondary N) is 1. The summed E-state index contributed by atoms with van der Waals surface area (Å²) in [6.07, 6.45) is 0.392. The highest BCUT2D eigenvalue weighted by Crippen LogP contribution is 2.16. The van der Waals surface area contributed by atoms with Crippen LogP contribution < -0.4 is 5.32 Å². The van der Waals surface area contributed by atoms with Gasteiger partial charge in [0.2, 0.25) is 0 Å². The molecule has 2 rings (SSSR count). The van der Waals surface area contributed by atoms with Crippen molar-refractivity contribution in [1.29, 1.82) is 0 Å². The molecular formula is C14H20N2O2. The van der Waals surface area contributed by atoms with E-state index < -0.39 is 0 Å². The van der Waals surface area contributed by atoms with Gasteiger partial charge >= 0.3 is 6.03 Å². The fourth-order valence-corrected chi connectivity index (χ4v) is 2.20. The summed E-state index contributed by atoms with van der Waals surface area (Å²) in [5.41, 5.74) is 1.09. The van der Waals surface area contributed by atoms with Crippen molar-refractivity contribution < 1.29 is 9.90 Å². The lowest BCUT2D eigenvalue weighted by molar-refractivity contribution is 0.0480. The predicted octanol–water partition coefficient (Wildman–Crippen LogP) is 1.60. The third-order valence-corrected chi connectivity index (χ3v) is 3.43.